The van der Waals surface area contributed by atoms with Gasteiger partial charge in [-0.1, -0.05) is 11.6 Å². The van der Waals surface area contributed by atoms with E-state index >= 15 is 0 Å². The van der Waals surface area contributed by atoms with Gasteiger partial charge in [-0.15, -0.1) is 11.3 Å². The van der Waals surface area contributed by atoms with Gasteiger partial charge in [-0.05, 0) is 26.0 Å². The summed E-state index contributed by atoms with van der Waals surface area (Å²) >= 11 is 7.31. The molecule has 0 radical (unpaired) electrons. The fourth-order valence-corrected chi connectivity index (χ4v) is 2.48. The van der Waals surface area contributed by atoms with Crippen molar-refractivity contribution in [2.24, 2.45) is 0 Å². The molecule has 1 amide bonds. The van der Waals surface area contributed by atoms with E-state index in [-0.39, 0.29) is 11.9 Å². The van der Waals surface area contributed by atoms with Crippen LogP contribution in [0.2, 0.25) is 4.34 Å². The predicted molar refractivity (Wildman–Crippen MR) is 72.0 cm³/mol. The van der Waals surface area contributed by atoms with Crippen LogP contribution in [0.1, 0.15) is 34.0 Å². The summed E-state index contributed by atoms with van der Waals surface area (Å²) in [5.41, 5.74) is 1.10. The third kappa shape index (κ3) is 3.05. The Morgan fingerprint density at radius 2 is 2.17 bits per heavy atom. The first kappa shape index (κ1) is 13.0. The average molecular weight is 282 g/mol. The molecule has 1 N–H and O–H groups in total. The molecule has 6 heteroatoms. The van der Waals surface area contributed by atoms with Crippen LogP contribution >= 0.6 is 22.9 Å². The number of thiophene rings is 1. The van der Waals surface area contributed by atoms with Crippen LogP contribution in [0, 0.1) is 6.92 Å². The number of nitrogens with zero attached hydrogens (tertiary/aromatic N) is 2. The number of aromatic nitrogens is 2. The van der Waals surface area contributed by atoms with Crippen LogP contribution in [0.4, 0.5) is 0 Å². The van der Waals surface area contributed by atoms with Crippen molar-refractivity contribution in [2.45, 2.75) is 19.9 Å². The Morgan fingerprint density at radius 3 is 2.72 bits per heavy atom. The van der Waals surface area contributed by atoms with Gasteiger partial charge in [0, 0.05) is 11.1 Å². The lowest BCUT2D eigenvalue weighted by Crippen LogP contribution is -2.27. The van der Waals surface area contributed by atoms with E-state index in [1.165, 1.54) is 17.5 Å². The molecule has 1 atom stereocenters. The fourth-order valence-electron chi connectivity index (χ4n) is 1.41. The van der Waals surface area contributed by atoms with Crippen molar-refractivity contribution in [3.63, 3.8) is 0 Å². The van der Waals surface area contributed by atoms with Gasteiger partial charge < -0.3 is 5.32 Å². The number of carbonyl (C=O) groups is 1. The van der Waals surface area contributed by atoms with E-state index in [1.807, 2.05) is 26.0 Å². The van der Waals surface area contributed by atoms with E-state index in [1.54, 1.807) is 6.20 Å². The first-order valence-corrected chi connectivity index (χ1v) is 6.60. The van der Waals surface area contributed by atoms with Crippen molar-refractivity contribution in [3.05, 3.63) is 45.1 Å². The summed E-state index contributed by atoms with van der Waals surface area (Å²) in [4.78, 5) is 21.0. The molecular formula is C12H12ClN3OS. The van der Waals surface area contributed by atoms with Crippen molar-refractivity contribution in [1.82, 2.24) is 15.3 Å². The van der Waals surface area contributed by atoms with Gasteiger partial charge in [0.15, 0.2) is 0 Å². The van der Waals surface area contributed by atoms with E-state index in [9.17, 15) is 4.79 Å². The van der Waals surface area contributed by atoms with Gasteiger partial charge in [0.25, 0.3) is 5.91 Å². The fraction of sp³-hybridized carbons (Fsp3) is 0.250. The maximum absolute atomic E-state index is 11.9. The summed E-state index contributed by atoms with van der Waals surface area (Å²) in [7, 11) is 0. The van der Waals surface area contributed by atoms with Gasteiger partial charge in [0.1, 0.15) is 5.69 Å². The van der Waals surface area contributed by atoms with Crippen LogP contribution in [0.15, 0.2) is 24.5 Å². The Labute approximate surface area is 114 Å². The lowest BCUT2D eigenvalue weighted by molar-refractivity contribution is 0.0935. The van der Waals surface area contributed by atoms with Gasteiger partial charge in [-0.3, -0.25) is 9.78 Å². The standard InChI is InChI=1S/C12H12ClN3OS/c1-7-5-15-9(6-14-7)12(17)16-8(2)10-3-4-11(13)18-10/h3-6,8H,1-2H3,(H,16,17). The molecule has 0 aliphatic carbocycles. The molecule has 0 saturated carbocycles. The van der Waals surface area contributed by atoms with Crippen molar-refractivity contribution >= 4 is 28.8 Å². The molecule has 0 fully saturated rings. The molecule has 2 aromatic heterocycles. The van der Waals surface area contributed by atoms with Crippen LogP contribution in [-0.4, -0.2) is 15.9 Å². The molecule has 0 aliphatic heterocycles. The first-order chi connectivity index (χ1) is 8.56. The quantitative estimate of drug-likeness (QED) is 0.941. The molecule has 0 saturated heterocycles. The number of aryl methyl sites for hydroxylation is 1. The van der Waals surface area contributed by atoms with Gasteiger partial charge in [0.05, 0.1) is 22.3 Å². The summed E-state index contributed by atoms with van der Waals surface area (Å²) in [6.07, 6.45) is 3.04. The van der Waals surface area contributed by atoms with Gasteiger partial charge in [0.2, 0.25) is 0 Å². The van der Waals surface area contributed by atoms with E-state index in [0.29, 0.717) is 10.0 Å². The number of hydrogen-bond donors (Lipinski definition) is 1. The lowest BCUT2D eigenvalue weighted by atomic mass is 10.2. The molecule has 0 bridgehead atoms. The number of halogens is 1. The molecular weight excluding hydrogens is 270 g/mol. The van der Waals surface area contributed by atoms with Crippen molar-refractivity contribution in [2.75, 3.05) is 0 Å². The summed E-state index contributed by atoms with van der Waals surface area (Å²) in [6, 6.07) is 3.62. The van der Waals surface area contributed by atoms with Gasteiger partial charge in [-0.2, -0.15) is 0 Å². The zero-order valence-corrected chi connectivity index (χ0v) is 11.5. The third-order valence-electron chi connectivity index (χ3n) is 2.38. The predicted octanol–water partition coefficient (Wildman–Crippen LogP) is 2.99. The second-order valence-corrected chi connectivity index (χ2v) is 5.63. The monoisotopic (exact) mass is 281 g/mol. The van der Waals surface area contributed by atoms with Gasteiger partial charge in [-0.25, -0.2) is 4.98 Å². The Kier molecular flexibility index (Phi) is 3.93. The van der Waals surface area contributed by atoms with E-state index in [0.717, 1.165) is 10.6 Å². The summed E-state index contributed by atoms with van der Waals surface area (Å²) in [5, 5.41) is 2.86. The van der Waals surface area contributed by atoms with Crippen LogP contribution < -0.4 is 5.32 Å². The number of rotatable bonds is 3. The summed E-state index contributed by atoms with van der Waals surface area (Å²) in [5.74, 6) is -0.237. The average Bonchev–Trinajstić information content (AvgIpc) is 2.76. The van der Waals surface area contributed by atoms with E-state index in [2.05, 4.69) is 15.3 Å². The topological polar surface area (TPSA) is 54.9 Å². The third-order valence-corrected chi connectivity index (χ3v) is 3.80. The van der Waals surface area contributed by atoms with E-state index in [4.69, 9.17) is 11.6 Å². The van der Waals surface area contributed by atoms with Crippen LogP contribution in [-0.2, 0) is 0 Å². The Bertz CT molecular complexity index is 553. The highest BCUT2D eigenvalue weighted by molar-refractivity contribution is 7.16. The molecule has 94 valence electrons. The first-order valence-electron chi connectivity index (χ1n) is 5.41. The summed E-state index contributed by atoms with van der Waals surface area (Å²) in [6.45, 7) is 3.73. The van der Waals surface area contributed by atoms with Gasteiger partial charge >= 0.3 is 0 Å². The molecule has 1 unspecified atom stereocenters. The second-order valence-electron chi connectivity index (χ2n) is 3.88. The molecule has 0 spiro atoms. The van der Waals surface area contributed by atoms with Crippen LogP contribution in [0.5, 0.6) is 0 Å². The Balaban J connectivity index is 2.05. The SMILES string of the molecule is Cc1cnc(C(=O)NC(C)c2ccc(Cl)s2)cn1. The van der Waals surface area contributed by atoms with Crippen molar-refractivity contribution in [3.8, 4) is 0 Å². The zero-order chi connectivity index (χ0) is 13.1. The minimum Gasteiger partial charge on any atom is -0.343 e. The number of amides is 1. The number of nitrogens with one attached hydrogen (secondary N) is 1. The Morgan fingerprint density at radius 1 is 1.39 bits per heavy atom. The molecule has 18 heavy (non-hydrogen) atoms. The minimum absolute atomic E-state index is 0.0990. The molecule has 4 nitrogen and oxygen atoms in total. The van der Waals surface area contributed by atoms with E-state index < -0.39 is 0 Å². The normalized spacial score (nSPS) is 12.2. The highest BCUT2D eigenvalue weighted by atomic mass is 35.5. The molecule has 0 aliphatic rings. The van der Waals surface area contributed by atoms with Crippen molar-refractivity contribution < 1.29 is 4.79 Å². The van der Waals surface area contributed by atoms with Crippen LogP contribution in [0.3, 0.4) is 0 Å². The Hall–Kier alpha value is -1.46. The smallest absolute Gasteiger partial charge is 0.271 e. The maximum atomic E-state index is 11.9. The zero-order valence-electron chi connectivity index (χ0n) is 9.98. The highest BCUT2D eigenvalue weighted by Gasteiger charge is 2.14. The molecule has 2 aromatic rings. The molecule has 2 rings (SSSR count). The maximum Gasteiger partial charge on any atom is 0.271 e. The molecule has 0 aromatic carbocycles. The highest BCUT2D eigenvalue weighted by Crippen LogP contribution is 2.26. The lowest BCUT2D eigenvalue weighted by Gasteiger charge is -2.11. The number of hydrogen-bond acceptors (Lipinski definition) is 4. The minimum atomic E-state index is -0.237. The second kappa shape index (κ2) is 5.46. The molecule has 2 heterocycles. The number of carbonyl (C=O) groups excluding carboxylic acids is 1. The van der Waals surface area contributed by atoms with Crippen molar-refractivity contribution in [1.29, 1.82) is 0 Å². The van der Waals surface area contributed by atoms with Crippen LogP contribution in [0.25, 0.3) is 0 Å². The largest absolute Gasteiger partial charge is 0.343 e. The summed E-state index contributed by atoms with van der Waals surface area (Å²) < 4.78 is 0.709.